The Morgan fingerprint density at radius 3 is 2.36 bits per heavy atom. The molecule has 4 amide bonds. The maximum absolute atomic E-state index is 11.1. The standard InChI is InChI=1S/C10H17N3O2S.C7H15NO/c11-8(14)4-2-1-3-7-9-6(5-16-7)12-10(15)13-9;1-5(2)7(3,4)6(8)9/h6-7,9H,1-5H2,(H2,11,14)(H2,12,13,15);5H,1-4H3,(H2,8,9)/t6-,7?,9-;/m0./s1. The van der Waals surface area contributed by atoms with Gasteiger partial charge in [0.1, 0.15) is 0 Å². The van der Waals surface area contributed by atoms with E-state index in [1.165, 1.54) is 0 Å². The number of nitrogens with one attached hydrogen (secondary N) is 2. The van der Waals surface area contributed by atoms with Crippen molar-refractivity contribution in [1.82, 2.24) is 10.6 Å². The third kappa shape index (κ3) is 6.41. The summed E-state index contributed by atoms with van der Waals surface area (Å²) in [6.45, 7) is 7.70. The number of carbonyl (C=O) groups is 3. The number of urea groups is 1. The number of thioether (sulfide) groups is 1. The van der Waals surface area contributed by atoms with Crippen LogP contribution < -0.4 is 22.1 Å². The van der Waals surface area contributed by atoms with Gasteiger partial charge in [-0.2, -0.15) is 11.8 Å². The van der Waals surface area contributed by atoms with Gasteiger partial charge in [-0.3, -0.25) is 9.59 Å². The first-order valence-corrected chi connectivity index (χ1v) is 9.87. The van der Waals surface area contributed by atoms with Crippen molar-refractivity contribution in [3.63, 3.8) is 0 Å². The van der Waals surface area contributed by atoms with Crippen molar-refractivity contribution >= 4 is 29.6 Å². The minimum Gasteiger partial charge on any atom is -0.370 e. The van der Waals surface area contributed by atoms with Crippen molar-refractivity contribution in [1.29, 1.82) is 0 Å². The van der Waals surface area contributed by atoms with Gasteiger partial charge in [0.05, 0.1) is 12.1 Å². The van der Waals surface area contributed by atoms with Gasteiger partial charge in [0.25, 0.3) is 0 Å². The van der Waals surface area contributed by atoms with Crippen LogP contribution in [0.4, 0.5) is 4.79 Å². The molecule has 3 atom stereocenters. The lowest BCUT2D eigenvalue weighted by molar-refractivity contribution is -0.128. The Hall–Kier alpha value is -1.44. The van der Waals surface area contributed by atoms with Gasteiger partial charge in [-0.05, 0) is 18.8 Å². The zero-order valence-electron chi connectivity index (χ0n) is 15.6. The molecular formula is C17H32N4O3S. The molecule has 0 aromatic rings. The number of amides is 4. The van der Waals surface area contributed by atoms with Gasteiger partial charge in [-0.1, -0.05) is 34.1 Å². The van der Waals surface area contributed by atoms with Gasteiger partial charge in [-0.15, -0.1) is 0 Å². The van der Waals surface area contributed by atoms with Gasteiger partial charge < -0.3 is 22.1 Å². The highest BCUT2D eigenvalue weighted by molar-refractivity contribution is 8.00. The van der Waals surface area contributed by atoms with E-state index in [4.69, 9.17) is 11.5 Å². The highest BCUT2D eigenvalue weighted by atomic mass is 32.2. The lowest BCUT2D eigenvalue weighted by Crippen LogP contribution is -2.36. The van der Waals surface area contributed by atoms with Crippen molar-refractivity contribution < 1.29 is 14.4 Å². The first-order chi connectivity index (χ1) is 11.6. The third-order valence-corrected chi connectivity index (χ3v) is 6.69. The zero-order chi connectivity index (χ0) is 19.2. The molecule has 2 heterocycles. The minimum atomic E-state index is -0.361. The smallest absolute Gasteiger partial charge is 0.315 e. The second-order valence-corrected chi connectivity index (χ2v) is 8.85. The summed E-state index contributed by atoms with van der Waals surface area (Å²) in [5.41, 5.74) is 9.85. The molecule has 25 heavy (non-hydrogen) atoms. The van der Waals surface area contributed by atoms with Crippen molar-refractivity contribution in [3.05, 3.63) is 0 Å². The van der Waals surface area contributed by atoms with Gasteiger partial charge in [0.15, 0.2) is 0 Å². The van der Waals surface area contributed by atoms with E-state index in [1.807, 2.05) is 39.5 Å². The molecule has 144 valence electrons. The summed E-state index contributed by atoms with van der Waals surface area (Å²) >= 11 is 1.90. The highest BCUT2D eigenvalue weighted by Gasteiger charge is 2.42. The van der Waals surface area contributed by atoms with E-state index < -0.39 is 0 Å². The molecule has 2 rings (SSSR count). The predicted molar refractivity (Wildman–Crippen MR) is 101 cm³/mol. The fourth-order valence-corrected chi connectivity index (χ4v) is 4.12. The quantitative estimate of drug-likeness (QED) is 0.397. The normalized spacial score (nSPS) is 24.8. The van der Waals surface area contributed by atoms with Gasteiger partial charge >= 0.3 is 6.03 Å². The number of rotatable bonds is 7. The Morgan fingerprint density at radius 2 is 1.88 bits per heavy atom. The van der Waals surface area contributed by atoms with Gasteiger partial charge in [0.2, 0.25) is 11.8 Å². The minimum absolute atomic E-state index is 0.0440. The molecule has 2 saturated heterocycles. The zero-order valence-corrected chi connectivity index (χ0v) is 16.4. The molecule has 0 aromatic carbocycles. The molecular weight excluding hydrogens is 340 g/mol. The fourth-order valence-electron chi connectivity index (χ4n) is 2.57. The number of hydrogen-bond acceptors (Lipinski definition) is 4. The summed E-state index contributed by atoms with van der Waals surface area (Å²) in [4.78, 5) is 32.4. The Labute approximate surface area is 154 Å². The second kappa shape index (κ2) is 9.31. The summed E-state index contributed by atoms with van der Waals surface area (Å²) in [5, 5.41) is 6.35. The van der Waals surface area contributed by atoms with Gasteiger partial charge in [0, 0.05) is 22.8 Å². The van der Waals surface area contributed by atoms with Crippen LogP contribution in [0, 0.1) is 11.3 Å². The van der Waals surface area contributed by atoms with E-state index in [0.717, 1.165) is 25.0 Å². The summed E-state index contributed by atoms with van der Waals surface area (Å²) in [6, 6.07) is 0.516. The monoisotopic (exact) mass is 372 g/mol. The molecule has 0 bridgehead atoms. The molecule has 1 unspecified atom stereocenters. The molecule has 0 aliphatic carbocycles. The first-order valence-electron chi connectivity index (χ1n) is 8.82. The van der Waals surface area contributed by atoms with Crippen LogP contribution >= 0.6 is 11.8 Å². The lowest BCUT2D eigenvalue weighted by atomic mass is 9.81. The highest BCUT2D eigenvalue weighted by Crippen LogP contribution is 2.33. The largest absolute Gasteiger partial charge is 0.370 e. The van der Waals surface area contributed by atoms with Gasteiger partial charge in [-0.25, -0.2) is 4.79 Å². The number of unbranched alkanes of at least 4 members (excludes halogenated alkanes) is 1. The van der Waals surface area contributed by atoms with Crippen molar-refractivity contribution in [2.75, 3.05) is 5.75 Å². The average Bonchev–Trinajstić information content (AvgIpc) is 3.03. The SMILES string of the molecule is CC(C)C(C)(C)C(N)=O.NC(=O)CCCCC1SC[C@@H]2NC(=O)N[C@H]12. The van der Waals surface area contributed by atoms with E-state index in [9.17, 15) is 14.4 Å². The summed E-state index contributed by atoms with van der Waals surface area (Å²) < 4.78 is 0. The molecule has 2 aliphatic heterocycles. The average molecular weight is 373 g/mol. The number of hydrogen-bond donors (Lipinski definition) is 4. The topological polar surface area (TPSA) is 127 Å². The maximum atomic E-state index is 11.1. The Balaban J connectivity index is 0.000000299. The summed E-state index contributed by atoms with van der Waals surface area (Å²) in [7, 11) is 0. The molecule has 7 nitrogen and oxygen atoms in total. The Kier molecular flexibility index (Phi) is 8.05. The second-order valence-electron chi connectivity index (χ2n) is 7.57. The van der Waals surface area contributed by atoms with E-state index in [-0.39, 0.29) is 29.3 Å². The van der Waals surface area contributed by atoms with Crippen molar-refractivity contribution in [3.8, 4) is 0 Å². The van der Waals surface area contributed by atoms with Crippen LogP contribution in [-0.2, 0) is 9.59 Å². The fraction of sp³-hybridized carbons (Fsp3) is 0.824. The molecule has 8 heteroatoms. The molecule has 2 aliphatic rings. The summed E-state index contributed by atoms with van der Waals surface area (Å²) in [5.74, 6) is 0.851. The van der Waals surface area contributed by atoms with E-state index >= 15 is 0 Å². The predicted octanol–water partition coefficient (Wildman–Crippen LogP) is 1.35. The number of nitrogens with two attached hydrogens (primary N) is 2. The van der Waals surface area contributed by atoms with Crippen LogP contribution in [0.1, 0.15) is 53.4 Å². The Bertz CT molecular complexity index is 496. The number of carbonyl (C=O) groups excluding carboxylic acids is 3. The first kappa shape index (κ1) is 21.6. The van der Waals surface area contributed by atoms with Crippen LogP contribution in [-0.4, -0.2) is 40.9 Å². The lowest BCUT2D eigenvalue weighted by Gasteiger charge is -2.24. The van der Waals surface area contributed by atoms with E-state index in [1.54, 1.807) is 0 Å². The molecule has 2 fully saturated rings. The number of fused-ring (bicyclic) bond motifs is 1. The maximum Gasteiger partial charge on any atom is 0.315 e. The molecule has 0 aromatic heterocycles. The Morgan fingerprint density at radius 1 is 1.24 bits per heavy atom. The van der Waals surface area contributed by atoms with Crippen LogP contribution in [0.15, 0.2) is 0 Å². The van der Waals surface area contributed by atoms with Crippen LogP contribution in [0.25, 0.3) is 0 Å². The third-order valence-electron chi connectivity index (χ3n) is 5.18. The molecule has 0 saturated carbocycles. The van der Waals surface area contributed by atoms with Crippen LogP contribution in [0.5, 0.6) is 0 Å². The van der Waals surface area contributed by atoms with Crippen LogP contribution in [0.3, 0.4) is 0 Å². The molecule has 0 radical (unpaired) electrons. The van der Waals surface area contributed by atoms with Crippen LogP contribution in [0.2, 0.25) is 0 Å². The number of primary amides is 2. The summed E-state index contributed by atoms with van der Waals surface area (Å²) in [6.07, 6.45) is 3.36. The van der Waals surface area contributed by atoms with Crippen molar-refractivity contribution in [2.24, 2.45) is 22.8 Å². The van der Waals surface area contributed by atoms with E-state index in [0.29, 0.717) is 23.6 Å². The van der Waals surface area contributed by atoms with E-state index in [2.05, 4.69) is 10.6 Å². The van der Waals surface area contributed by atoms with Crippen molar-refractivity contribution in [2.45, 2.75) is 70.7 Å². The molecule has 6 N–H and O–H groups in total. The molecule has 0 spiro atoms.